The van der Waals surface area contributed by atoms with E-state index in [-0.39, 0.29) is 30.4 Å². The quantitative estimate of drug-likeness (QED) is 0.213. The number of carbonyl (C=O) groups excluding carboxylic acids is 2. The van der Waals surface area contributed by atoms with Crippen LogP contribution in [0.4, 0.5) is 0 Å². The lowest BCUT2D eigenvalue weighted by atomic mass is 9.97. The molecule has 2 N–H and O–H groups in total. The molecule has 1 fully saturated rings. The number of hydrogen-bond donors (Lipinski definition) is 2. The van der Waals surface area contributed by atoms with Crippen molar-refractivity contribution in [2.24, 2.45) is 5.41 Å². The van der Waals surface area contributed by atoms with Gasteiger partial charge in [0.15, 0.2) is 4.87 Å². The number of aromatic hydroxyl groups is 1. The van der Waals surface area contributed by atoms with Crippen LogP contribution in [0.1, 0.15) is 32.8 Å². The average Bonchev–Trinajstić information content (AvgIpc) is 3.12. The summed E-state index contributed by atoms with van der Waals surface area (Å²) in [6, 6.07) is 5.34. The number of nitrogens with zero attached hydrogens (tertiary/aromatic N) is 1. The van der Waals surface area contributed by atoms with Crippen molar-refractivity contribution in [2.45, 2.75) is 38.1 Å². The number of ether oxygens (including phenoxy) is 1. The standard InChI is InChI=1S/C22H29NO6S3/c1-5-11-31-32-12-10-18(25)23-16(19(26)27)13-30-22(23,14-29-20(28)21(2,3)4)15-8-6-7-9-17(15)24/h5-9,16,24H,1,10-14H2,2-4H3,(H,26,27)/t16-,22?/m0/s1. The zero-order chi connectivity index (χ0) is 23.9. The summed E-state index contributed by atoms with van der Waals surface area (Å²) < 4.78 is 5.59. The van der Waals surface area contributed by atoms with Crippen LogP contribution >= 0.6 is 33.3 Å². The van der Waals surface area contributed by atoms with E-state index in [1.165, 1.54) is 33.5 Å². The van der Waals surface area contributed by atoms with Crippen molar-refractivity contribution in [3.8, 4) is 5.75 Å². The highest BCUT2D eigenvalue weighted by atomic mass is 33.1. The van der Waals surface area contributed by atoms with E-state index in [1.807, 2.05) is 0 Å². The van der Waals surface area contributed by atoms with Crippen LogP contribution in [0, 0.1) is 5.41 Å². The van der Waals surface area contributed by atoms with Gasteiger partial charge in [-0.25, -0.2) is 4.79 Å². The van der Waals surface area contributed by atoms with E-state index in [2.05, 4.69) is 6.58 Å². The van der Waals surface area contributed by atoms with Crippen molar-refractivity contribution < 1.29 is 29.3 Å². The van der Waals surface area contributed by atoms with E-state index in [0.717, 1.165) is 5.75 Å². The number of hydrogen-bond acceptors (Lipinski definition) is 8. The lowest BCUT2D eigenvalue weighted by molar-refractivity contribution is -0.160. The maximum Gasteiger partial charge on any atom is 0.327 e. The first kappa shape index (κ1) is 26.5. The second kappa shape index (κ2) is 11.4. The summed E-state index contributed by atoms with van der Waals surface area (Å²) in [5, 5.41) is 20.4. The van der Waals surface area contributed by atoms with Crippen LogP contribution < -0.4 is 0 Å². The molecule has 0 radical (unpaired) electrons. The number of aliphatic carboxylic acids is 1. The van der Waals surface area contributed by atoms with E-state index >= 15 is 0 Å². The first-order valence-electron chi connectivity index (χ1n) is 10.0. The number of carboxylic acids is 1. The highest BCUT2D eigenvalue weighted by molar-refractivity contribution is 8.76. The second-order valence-electron chi connectivity index (χ2n) is 8.20. The van der Waals surface area contributed by atoms with Crippen LogP contribution in [-0.4, -0.2) is 62.9 Å². The van der Waals surface area contributed by atoms with Crippen molar-refractivity contribution >= 4 is 51.2 Å². The van der Waals surface area contributed by atoms with Crippen LogP contribution in [0.3, 0.4) is 0 Å². The Bertz CT molecular complexity index is 856. The number of carboxylic acid groups (broad SMARTS) is 1. The third-order valence-corrected chi connectivity index (χ3v) is 8.55. The predicted molar refractivity (Wildman–Crippen MR) is 131 cm³/mol. The van der Waals surface area contributed by atoms with Crippen LogP contribution in [-0.2, 0) is 24.0 Å². The van der Waals surface area contributed by atoms with E-state index in [0.29, 0.717) is 11.3 Å². The number of esters is 1. The Kier molecular flexibility index (Phi) is 9.41. The zero-order valence-electron chi connectivity index (χ0n) is 18.4. The summed E-state index contributed by atoms with van der Waals surface area (Å²) in [4.78, 5) is 37.8. The van der Waals surface area contributed by atoms with Crippen LogP contribution in [0.25, 0.3) is 0 Å². The molecule has 32 heavy (non-hydrogen) atoms. The molecule has 0 saturated carbocycles. The monoisotopic (exact) mass is 499 g/mol. The van der Waals surface area contributed by atoms with E-state index < -0.39 is 28.3 Å². The summed E-state index contributed by atoms with van der Waals surface area (Å²) in [6.45, 7) is 8.53. The Balaban J connectivity index is 2.42. The smallest absolute Gasteiger partial charge is 0.327 e. The summed E-state index contributed by atoms with van der Waals surface area (Å²) in [7, 11) is 3.06. The van der Waals surface area contributed by atoms with Gasteiger partial charge in [-0.1, -0.05) is 45.9 Å². The highest BCUT2D eigenvalue weighted by Crippen LogP contribution is 2.51. The number of amides is 1. The maximum absolute atomic E-state index is 13.3. The van der Waals surface area contributed by atoms with Crippen molar-refractivity contribution in [3.05, 3.63) is 42.5 Å². The molecule has 2 rings (SSSR count). The molecule has 1 heterocycles. The van der Waals surface area contributed by atoms with Crippen LogP contribution in [0.5, 0.6) is 5.75 Å². The van der Waals surface area contributed by atoms with Gasteiger partial charge in [-0.3, -0.25) is 9.59 Å². The molecule has 10 heteroatoms. The van der Waals surface area contributed by atoms with Crippen molar-refractivity contribution in [1.82, 2.24) is 4.90 Å². The number of para-hydroxylation sites is 1. The first-order chi connectivity index (χ1) is 15.0. The molecule has 0 spiro atoms. The summed E-state index contributed by atoms with van der Waals surface area (Å²) >= 11 is 1.19. The predicted octanol–water partition coefficient (Wildman–Crippen LogP) is 4.12. The van der Waals surface area contributed by atoms with E-state index in [9.17, 15) is 24.6 Å². The third-order valence-electron chi connectivity index (χ3n) is 4.74. The molecular weight excluding hydrogens is 470 g/mol. The number of phenolic OH excluding ortho intramolecular Hbond substituents is 1. The number of thioether (sulfide) groups is 1. The second-order valence-corrected chi connectivity index (χ2v) is 12.1. The van der Waals surface area contributed by atoms with E-state index in [1.54, 1.807) is 55.8 Å². The molecule has 0 aromatic heterocycles. The molecule has 1 aliphatic heterocycles. The van der Waals surface area contributed by atoms with Gasteiger partial charge in [0.25, 0.3) is 0 Å². The molecule has 1 aromatic rings. The van der Waals surface area contributed by atoms with E-state index in [4.69, 9.17) is 4.74 Å². The topological polar surface area (TPSA) is 104 Å². The van der Waals surface area contributed by atoms with Crippen LogP contribution in [0.2, 0.25) is 0 Å². The van der Waals surface area contributed by atoms with Crippen molar-refractivity contribution in [3.63, 3.8) is 0 Å². The minimum absolute atomic E-state index is 0.0911. The number of carbonyl (C=O) groups is 3. The Labute approximate surface area is 200 Å². The van der Waals surface area contributed by atoms with Gasteiger partial charge in [0, 0.05) is 29.2 Å². The third kappa shape index (κ3) is 6.17. The maximum atomic E-state index is 13.3. The van der Waals surface area contributed by atoms with Gasteiger partial charge in [0.05, 0.1) is 5.41 Å². The molecule has 1 unspecified atom stereocenters. The molecular formula is C22H29NO6S3. The SMILES string of the molecule is C=CCSSCCC(=O)N1[C@H](C(=O)O)CSC1(COC(=O)C(C)(C)C)c1ccccc1O. The molecule has 2 atom stereocenters. The average molecular weight is 500 g/mol. The number of rotatable bonds is 10. The number of benzene rings is 1. The Morgan fingerprint density at radius 3 is 2.59 bits per heavy atom. The largest absolute Gasteiger partial charge is 0.508 e. The van der Waals surface area contributed by atoms with Gasteiger partial charge < -0.3 is 19.8 Å². The fourth-order valence-corrected chi connectivity index (χ4v) is 6.47. The van der Waals surface area contributed by atoms with Gasteiger partial charge in [0.2, 0.25) is 5.91 Å². The fourth-order valence-electron chi connectivity index (χ4n) is 3.15. The molecule has 0 bridgehead atoms. The summed E-state index contributed by atoms with van der Waals surface area (Å²) in [5.74, 6) is -0.740. The zero-order valence-corrected chi connectivity index (χ0v) is 20.9. The lowest BCUT2D eigenvalue weighted by Gasteiger charge is -2.39. The lowest BCUT2D eigenvalue weighted by Crippen LogP contribution is -2.53. The molecule has 1 saturated heterocycles. The first-order valence-corrected chi connectivity index (χ1v) is 13.5. The Morgan fingerprint density at radius 1 is 1.31 bits per heavy atom. The molecule has 176 valence electrons. The summed E-state index contributed by atoms with van der Waals surface area (Å²) in [5.41, 5.74) is -0.430. The minimum Gasteiger partial charge on any atom is -0.508 e. The van der Waals surface area contributed by atoms with Gasteiger partial charge in [0.1, 0.15) is 18.4 Å². The van der Waals surface area contributed by atoms with Gasteiger partial charge in [-0.05, 0) is 26.8 Å². The normalized spacial score (nSPS) is 20.7. The van der Waals surface area contributed by atoms with Gasteiger partial charge in [-0.15, -0.1) is 18.3 Å². The molecule has 0 aliphatic carbocycles. The Hall–Kier alpha value is -1.78. The van der Waals surface area contributed by atoms with Gasteiger partial charge in [-0.2, -0.15) is 0 Å². The fraction of sp³-hybridized carbons (Fsp3) is 0.500. The van der Waals surface area contributed by atoms with Gasteiger partial charge >= 0.3 is 11.9 Å². The highest BCUT2D eigenvalue weighted by Gasteiger charge is 2.55. The van der Waals surface area contributed by atoms with Crippen molar-refractivity contribution in [1.29, 1.82) is 0 Å². The molecule has 7 nitrogen and oxygen atoms in total. The molecule has 1 amide bonds. The van der Waals surface area contributed by atoms with Crippen LogP contribution in [0.15, 0.2) is 36.9 Å². The minimum atomic E-state index is -1.34. The Morgan fingerprint density at radius 2 is 2.00 bits per heavy atom. The summed E-state index contributed by atoms with van der Waals surface area (Å²) in [6.07, 6.45) is 1.88. The number of phenols is 1. The van der Waals surface area contributed by atoms with Crippen molar-refractivity contribution in [2.75, 3.05) is 23.9 Å². The molecule has 1 aliphatic rings. The molecule has 1 aromatic carbocycles.